The number of nitrogens with one attached hydrogen (secondary N) is 3. The summed E-state index contributed by atoms with van der Waals surface area (Å²) in [5, 5.41) is 16.0. The summed E-state index contributed by atoms with van der Waals surface area (Å²) in [7, 11) is -3.31. The Labute approximate surface area is 94.3 Å². The topological polar surface area (TPSA) is 113 Å². The molecule has 0 saturated carbocycles. The van der Waals surface area contributed by atoms with E-state index in [1.165, 1.54) is 0 Å². The van der Waals surface area contributed by atoms with Crippen LogP contribution in [0.4, 0.5) is 0 Å². The van der Waals surface area contributed by atoms with Gasteiger partial charge in [0, 0.05) is 6.54 Å². The molecule has 1 rings (SSSR count). The van der Waals surface area contributed by atoms with E-state index in [0.29, 0.717) is 12.4 Å². The summed E-state index contributed by atoms with van der Waals surface area (Å²) in [6, 6.07) is -0.481. The maximum absolute atomic E-state index is 11.6. The smallest absolute Gasteiger partial charge is 0.213 e. The van der Waals surface area contributed by atoms with Gasteiger partial charge < -0.3 is 5.32 Å². The molecule has 0 aliphatic rings. The van der Waals surface area contributed by atoms with Gasteiger partial charge in [0.1, 0.15) is 0 Å². The molecule has 8 nitrogen and oxygen atoms in total. The monoisotopic (exact) mass is 248 g/mol. The van der Waals surface area contributed by atoms with Crippen LogP contribution in [0.25, 0.3) is 0 Å². The SMILES string of the molecule is CCNCCS(=O)(=O)NC(C)c1nn[nH]n1. The number of sulfonamides is 1. The molecule has 1 aromatic heterocycles. The maximum Gasteiger partial charge on any atom is 0.213 e. The fourth-order valence-electron chi connectivity index (χ4n) is 1.12. The van der Waals surface area contributed by atoms with Crippen molar-refractivity contribution in [3.63, 3.8) is 0 Å². The van der Waals surface area contributed by atoms with Crippen molar-refractivity contribution in [3.8, 4) is 0 Å². The number of hydrogen-bond acceptors (Lipinski definition) is 6. The predicted octanol–water partition coefficient (Wildman–Crippen LogP) is -1.21. The zero-order valence-electron chi connectivity index (χ0n) is 9.27. The van der Waals surface area contributed by atoms with Crippen LogP contribution >= 0.6 is 0 Å². The van der Waals surface area contributed by atoms with Crippen LogP contribution in [0, 0.1) is 0 Å². The lowest BCUT2D eigenvalue weighted by Crippen LogP contribution is -2.33. The van der Waals surface area contributed by atoms with Crippen molar-refractivity contribution in [3.05, 3.63) is 5.82 Å². The van der Waals surface area contributed by atoms with E-state index in [4.69, 9.17) is 0 Å². The summed E-state index contributed by atoms with van der Waals surface area (Å²) in [6.45, 7) is 4.75. The van der Waals surface area contributed by atoms with Crippen LogP contribution in [-0.2, 0) is 10.0 Å². The molecular formula is C7H16N6O2S. The molecule has 1 unspecified atom stereocenters. The predicted molar refractivity (Wildman–Crippen MR) is 58.1 cm³/mol. The number of aromatic nitrogens is 4. The summed E-state index contributed by atoms with van der Waals surface area (Å²) < 4.78 is 25.6. The van der Waals surface area contributed by atoms with Gasteiger partial charge in [-0.1, -0.05) is 12.1 Å². The van der Waals surface area contributed by atoms with Crippen molar-refractivity contribution < 1.29 is 8.42 Å². The second kappa shape index (κ2) is 5.87. The van der Waals surface area contributed by atoms with E-state index in [2.05, 4.69) is 30.7 Å². The van der Waals surface area contributed by atoms with E-state index in [9.17, 15) is 8.42 Å². The lowest BCUT2D eigenvalue weighted by Gasteiger charge is -2.10. The Kier molecular flexibility index (Phi) is 4.77. The Morgan fingerprint density at radius 2 is 2.25 bits per heavy atom. The van der Waals surface area contributed by atoms with Crippen LogP contribution in [0.15, 0.2) is 0 Å². The molecule has 16 heavy (non-hydrogen) atoms. The van der Waals surface area contributed by atoms with Gasteiger partial charge in [-0.15, -0.1) is 10.2 Å². The highest BCUT2D eigenvalue weighted by Gasteiger charge is 2.17. The highest BCUT2D eigenvalue weighted by molar-refractivity contribution is 7.89. The van der Waals surface area contributed by atoms with Crippen LogP contribution in [0.2, 0.25) is 0 Å². The summed E-state index contributed by atoms with van der Waals surface area (Å²) in [5.74, 6) is 0.357. The van der Waals surface area contributed by atoms with Gasteiger partial charge in [0.25, 0.3) is 0 Å². The first kappa shape index (κ1) is 13.0. The highest BCUT2D eigenvalue weighted by Crippen LogP contribution is 2.04. The Hall–Kier alpha value is -1.06. The van der Waals surface area contributed by atoms with Crippen LogP contribution in [0.5, 0.6) is 0 Å². The molecule has 0 bridgehead atoms. The molecule has 0 radical (unpaired) electrons. The molecule has 1 heterocycles. The summed E-state index contributed by atoms with van der Waals surface area (Å²) >= 11 is 0. The quantitative estimate of drug-likeness (QED) is 0.522. The zero-order valence-corrected chi connectivity index (χ0v) is 10.1. The highest BCUT2D eigenvalue weighted by atomic mass is 32.2. The molecular weight excluding hydrogens is 232 g/mol. The van der Waals surface area contributed by atoms with Crippen molar-refractivity contribution in [1.29, 1.82) is 0 Å². The van der Waals surface area contributed by atoms with Gasteiger partial charge in [-0.05, 0) is 13.5 Å². The third-order valence-electron chi connectivity index (χ3n) is 1.90. The van der Waals surface area contributed by atoms with E-state index in [-0.39, 0.29) is 5.75 Å². The number of nitrogens with zero attached hydrogens (tertiary/aromatic N) is 3. The average molecular weight is 248 g/mol. The molecule has 0 saturated heterocycles. The number of rotatable bonds is 7. The van der Waals surface area contributed by atoms with Gasteiger partial charge in [-0.2, -0.15) is 5.21 Å². The first-order valence-corrected chi connectivity index (χ1v) is 6.64. The summed E-state index contributed by atoms with van der Waals surface area (Å²) in [5.41, 5.74) is 0. The van der Waals surface area contributed by atoms with Gasteiger partial charge in [0.05, 0.1) is 11.8 Å². The number of aromatic amines is 1. The number of tetrazole rings is 1. The molecule has 0 aliphatic carbocycles. The van der Waals surface area contributed by atoms with Gasteiger partial charge in [-0.25, -0.2) is 13.1 Å². The molecule has 1 atom stereocenters. The molecule has 0 amide bonds. The number of hydrogen-bond donors (Lipinski definition) is 3. The molecule has 1 aromatic rings. The minimum absolute atomic E-state index is 0.0308. The van der Waals surface area contributed by atoms with Crippen molar-refractivity contribution in [2.45, 2.75) is 19.9 Å². The third kappa shape index (κ3) is 4.21. The molecule has 0 aromatic carbocycles. The number of H-pyrrole nitrogens is 1. The fraction of sp³-hybridized carbons (Fsp3) is 0.857. The van der Waals surface area contributed by atoms with Crippen molar-refractivity contribution in [1.82, 2.24) is 30.7 Å². The molecule has 0 aliphatic heterocycles. The summed E-state index contributed by atoms with van der Waals surface area (Å²) in [6.07, 6.45) is 0. The summed E-state index contributed by atoms with van der Waals surface area (Å²) in [4.78, 5) is 0. The second-order valence-corrected chi connectivity index (χ2v) is 5.16. The molecule has 92 valence electrons. The Bertz CT molecular complexity index is 389. The Morgan fingerprint density at radius 1 is 1.50 bits per heavy atom. The standard InChI is InChI=1S/C7H16N6O2S/c1-3-8-4-5-16(14,15)11-6(2)7-9-12-13-10-7/h6,8,11H,3-5H2,1-2H3,(H,9,10,12,13). The minimum Gasteiger partial charge on any atom is -0.316 e. The van der Waals surface area contributed by atoms with Crippen molar-refractivity contribution >= 4 is 10.0 Å². The van der Waals surface area contributed by atoms with E-state index in [1.807, 2.05) is 6.92 Å². The fourth-order valence-corrected chi connectivity index (χ4v) is 2.29. The molecule has 9 heteroatoms. The Balaban J connectivity index is 2.46. The van der Waals surface area contributed by atoms with E-state index in [0.717, 1.165) is 6.54 Å². The average Bonchev–Trinajstić information content (AvgIpc) is 2.69. The van der Waals surface area contributed by atoms with E-state index >= 15 is 0 Å². The minimum atomic E-state index is -3.31. The first-order valence-electron chi connectivity index (χ1n) is 4.99. The normalized spacial score (nSPS) is 13.9. The largest absolute Gasteiger partial charge is 0.316 e. The maximum atomic E-state index is 11.6. The van der Waals surface area contributed by atoms with Crippen molar-refractivity contribution in [2.75, 3.05) is 18.8 Å². The van der Waals surface area contributed by atoms with E-state index in [1.54, 1.807) is 6.92 Å². The van der Waals surface area contributed by atoms with E-state index < -0.39 is 16.1 Å². The van der Waals surface area contributed by atoms with Crippen molar-refractivity contribution in [2.24, 2.45) is 0 Å². The molecule has 0 fully saturated rings. The first-order chi connectivity index (χ1) is 7.55. The molecule has 3 N–H and O–H groups in total. The van der Waals surface area contributed by atoms with Gasteiger partial charge in [-0.3, -0.25) is 0 Å². The van der Waals surface area contributed by atoms with Gasteiger partial charge >= 0.3 is 0 Å². The van der Waals surface area contributed by atoms with Crippen LogP contribution in [0.3, 0.4) is 0 Å². The third-order valence-corrected chi connectivity index (χ3v) is 3.36. The van der Waals surface area contributed by atoms with Crippen LogP contribution < -0.4 is 10.0 Å². The van der Waals surface area contributed by atoms with Gasteiger partial charge in [0.15, 0.2) is 5.82 Å². The second-order valence-electron chi connectivity index (χ2n) is 3.28. The van der Waals surface area contributed by atoms with Crippen LogP contribution in [0.1, 0.15) is 25.7 Å². The zero-order chi connectivity index (χ0) is 12.0. The molecule has 0 spiro atoms. The lowest BCUT2D eigenvalue weighted by molar-refractivity contribution is 0.557. The lowest BCUT2D eigenvalue weighted by atomic mass is 10.4. The Morgan fingerprint density at radius 3 is 2.81 bits per heavy atom. The van der Waals surface area contributed by atoms with Crippen LogP contribution in [-0.4, -0.2) is 47.9 Å². The van der Waals surface area contributed by atoms with Gasteiger partial charge in [0.2, 0.25) is 10.0 Å².